The van der Waals surface area contributed by atoms with E-state index >= 15 is 0 Å². The summed E-state index contributed by atoms with van der Waals surface area (Å²) in [4.78, 5) is 28.4. The lowest BCUT2D eigenvalue weighted by Gasteiger charge is -2.40. The maximum atomic E-state index is 14.6. The van der Waals surface area contributed by atoms with E-state index in [-0.39, 0.29) is 11.7 Å². The SMILES string of the molecule is COc1ccc2ncc(F)c(CCN3C[C@H]4C[C@H](NCc5ccc6c(n5)NC(=O)CS6)[C@H]4C3)c2n1. The number of nitrogens with one attached hydrogen (secondary N) is 2. The fourth-order valence-electron chi connectivity index (χ4n) is 5.45. The minimum absolute atomic E-state index is 0.00236. The van der Waals surface area contributed by atoms with Gasteiger partial charge in [-0.3, -0.25) is 9.78 Å². The van der Waals surface area contributed by atoms with E-state index in [4.69, 9.17) is 4.74 Å². The molecule has 2 N–H and O–H groups in total. The minimum Gasteiger partial charge on any atom is -0.481 e. The third-order valence-electron chi connectivity index (χ3n) is 7.35. The van der Waals surface area contributed by atoms with Crippen LogP contribution < -0.4 is 15.4 Å². The zero-order valence-corrected chi connectivity index (χ0v) is 20.3. The molecule has 0 unspecified atom stereocenters. The van der Waals surface area contributed by atoms with Crippen LogP contribution in [0.5, 0.6) is 5.88 Å². The van der Waals surface area contributed by atoms with Crippen molar-refractivity contribution >= 4 is 34.5 Å². The van der Waals surface area contributed by atoms with E-state index in [1.165, 1.54) is 18.0 Å². The number of likely N-dealkylation sites (tertiary alicyclic amines) is 1. The highest BCUT2D eigenvalue weighted by Crippen LogP contribution is 2.41. The van der Waals surface area contributed by atoms with Crippen molar-refractivity contribution in [3.05, 3.63) is 47.5 Å². The molecule has 6 rings (SSSR count). The van der Waals surface area contributed by atoms with E-state index in [9.17, 15) is 9.18 Å². The Kier molecular flexibility index (Phi) is 6.03. The third-order valence-corrected chi connectivity index (χ3v) is 8.39. The number of fused-ring (bicyclic) bond motifs is 3. The number of hydrogen-bond acceptors (Lipinski definition) is 8. The van der Waals surface area contributed by atoms with Gasteiger partial charge in [0.1, 0.15) is 11.6 Å². The summed E-state index contributed by atoms with van der Waals surface area (Å²) < 4.78 is 19.9. The molecule has 1 aliphatic carbocycles. The molecule has 5 heterocycles. The number of amides is 1. The second-order valence-electron chi connectivity index (χ2n) is 9.45. The van der Waals surface area contributed by atoms with Gasteiger partial charge in [-0.15, -0.1) is 11.8 Å². The molecular formula is C25H27FN6O2S. The molecule has 1 amide bonds. The second kappa shape index (κ2) is 9.33. The summed E-state index contributed by atoms with van der Waals surface area (Å²) in [6.07, 6.45) is 3.02. The predicted octanol–water partition coefficient (Wildman–Crippen LogP) is 2.87. The van der Waals surface area contributed by atoms with Crippen molar-refractivity contribution in [2.45, 2.75) is 30.3 Å². The quantitative estimate of drug-likeness (QED) is 0.518. The first kappa shape index (κ1) is 22.6. The Labute approximate surface area is 207 Å². The molecule has 0 bridgehead atoms. The van der Waals surface area contributed by atoms with Gasteiger partial charge in [0.15, 0.2) is 0 Å². The second-order valence-corrected chi connectivity index (χ2v) is 10.5. The zero-order chi connectivity index (χ0) is 23.9. The van der Waals surface area contributed by atoms with Crippen LogP contribution in [-0.2, 0) is 17.8 Å². The summed E-state index contributed by atoms with van der Waals surface area (Å²) in [6, 6.07) is 8.09. The van der Waals surface area contributed by atoms with Crippen LogP contribution in [0.25, 0.3) is 11.0 Å². The molecule has 3 aromatic heterocycles. The Hall–Kier alpha value is -2.82. The highest BCUT2D eigenvalue weighted by molar-refractivity contribution is 8.00. The normalized spacial score (nSPS) is 23.5. The van der Waals surface area contributed by atoms with Gasteiger partial charge in [-0.2, -0.15) is 0 Å². The van der Waals surface area contributed by atoms with E-state index in [1.54, 1.807) is 13.2 Å². The summed E-state index contributed by atoms with van der Waals surface area (Å²) in [5.41, 5.74) is 2.81. The fraction of sp³-hybridized carbons (Fsp3) is 0.440. The lowest BCUT2D eigenvalue weighted by molar-refractivity contribution is -0.113. The van der Waals surface area contributed by atoms with Crippen LogP contribution >= 0.6 is 11.8 Å². The van der Waals surface area contributed by atoms with E-state index in [0.29, 0.717) is 64.9 Å². The van der Waals surface area contributed by atoms with Gasteiger partial charge >= 0.3 is 0 Å². The predicted molar refractivity (Wildman–Crippen MR) is 132 cm³/mol. The number of aromatic nitrogens is 3. The molecule has 0 radical (unpaired) electrons. The third kappa shape index (κ3) is 4.46. The molecule has 2 aliphatic heterocycles. The van der Waals surface area contributed by atoms with Crippen molar-refractivity contribution in [1.29, 1.82) is 0 Å². The molecule has 2 fully saturated rings. The number of carbonyl (C=O) groups is 1. The molecule has 8 nitrogen and oxygen atoms in total. The van der Waals surface area contributed by atoms with E-state index in [0.717, 1.165) is 36.6 Å². The number of rotatable bonds is 7. The van der Waals surface area contributed by atoms with Crippen LogP contribution in [0.1, 0.15) is 17.7 Å². The number of thioether (sulfide) groups is 1. The number of halogens is 1. The molecule has 0 aromatic carbocycles. The smallest absolute Gasteiger partial charge is 0.235 e. The van der Waals surface area contributed by atoms with Crippen LogP contribution in [0, 0.1) is 17.7 Å². The van der Waals surface area contributed by atoms with Crippen molar-refractivity contribution in [3.8, 4) is 5.88 Å². The number of ether oxygens (including phenoxy) is 1. The molecule has 1 saturated carbocycles. The van der Waals surface area contributed by atoms with Crippen molar-refractivity contribution in [1.82, 2.24) is 25.2 Å². The minimum atomic E-state index is -0.313. The first-order valence-corrected chi connectivity index (χ1v) is 12.9. The summed E-state index contributed by atoms with van der Waals surface area (Å²) in [5.74, 6) is 2.55. The molecule has 3 atom stereocenters. The van der Waals surface area contributed by atoms with Crippen molar-refractivity contribution in [2.75, 3.05) is 37.8 Å². The summed E-state index contributed by atoms with van der Waals surface area (Å²) in [7, 11) is 1.56. The molecule has 0 spiro atoms. The van der Waals surface area contributed by atoms with E-state index < -0.39 is 0 Å². The molecule has 182 valence electrons. The van der Waals surface area contributed by atoms with Crippen LogP contribution in [0.15, 0.2) is 35.4 Å². The van der Waals surface area contributed by atoms with Gasteiger partial charge in [0.05, 0.1) is 40.7 Å². The largest absolute Gasteiger partial charge is 0.481 e. The van der Waals surface area contributed by atoms with Crippen LogP contribution in [-0.4, -0.2) is 64.3 Å². The van der Waals surface area contributed by atoms with Gasteiger partial charge in [0, 0.05) is 43.9 Å². The number of pyridine rings is 3. The fourth-order valence-corrected chi connectivity index (χ4v) is 6.21. The number of anilines is 1. The van der Waals surface area contributed by atoms with Crippen molar-refractivity contribution < 1.29 is 13.9 Å². The maximum Gasteiger partial charge on any atom is 0.235 e. The van der Waals surface area contributed by atoms with Crippen molar-refractivity contribution in [2.24, 2.45) is 11.8 Å². The first-order chi connectivity index (χ1) is 17.1. The monoisotopic (exact) mass is 494 g/mol. The number of nitrogens with zero attached hydrogens (tertiary/aromatic N) is 4. The number of hydrogen-bond donors (Lipinski definition) is 2. The van der Waals surface area contributed by atoms with Gasteiger partial charge in [0.25, 0.3) is 0 Å². The zero-order valence-electron chi connectivity index (χ0n) is 19.5. The van der Waals surface area contributed by atoms with E-state index in [1.807, 2.05) is 18.2 Å². The maximum absolute atomic E-state index is 14.6. The Morgan fingerprint density at radius 3 is 3.06 bits per heavy atom. The first-order valence-electron chi connectivity index (χ1n) is 11.9. The standard InChI is InChI=1S/C25H27FN6O2S/c1-34-23-5-3-19-24(31-23)16(18(26)10-28-19)6-7-32-11-14-8-20(17(14)12-32)27-9-15-2-4-21-25(29-15)30-22(33)13-35-21/h2-5,10,14,17,20,27H,6-9,11-13H2,1H3,(H,29,30,33)/t14-,17+,20+/m1/s1. The Bertz CT molecular complexity index is 1290. The highest BCUT2D eigenvalue weighted by Gasteiger charge is 2.46. The summed E-state index contributed by atoms with van der Waals surface area (Å²) >= 11 is 1.53. The Balaban J connectivity index is 1.05. The summed E-state index contributed by atoms with van der Waals surface area (Å²) in [6.45, 7) is 3.53. The Morgan fingerprint density at radius 1 is 1.26 bits per heavy atom. The average molecular weight is 495 g/mol. The number of methoxy groups -OCH3 is 1. The molecule has 3 aromatic rings. The summed E-state index contributed by atoms with van der Waals surface area (Å²) in [5, 5.41) is 6.52. The molecule has 3 aliphatic rings. The highest BCUT2D eigenvalue weighted by atomic mass is 32.2. The molecule has 35 heavy (non-hydrogen) atoms. The lowest BCUT2D eigenvalue weighted by atomic mass is 9.71. The van der Waals surface area contributed by atoms with Gasteiger partial charge in [0.2, 0.25) is 11.8 Å². The van der Waals surface area contributed by atoms with Crippen LogP contribution in [0.4, 0.5) is 10.2 Å². The topological polar surface area (TPSA) is 92.3 Å². The molecule has 10 heteroatoms. The number of carbonyl (C=O) groups excluding carboxylic acids is 1. The van der Waals surface area contributed by atoms with Gasteiger partial charge in [-0.1, -0.05) is 0 Å². The average Bonchev–Trinajstić information content (AvgIpc) is 3.18. The van der Waals surface area contributed by atoms with Gasteiger partial charge in [-0.25, -0.2) is 14.4 Å². The van der Waals surface area contributed by atoms with Crippen molar-refractivity contribution in [3.63, 3.8) is 0 Å². The van der Waals surface area contributed by atoms with Crippen LogP contribution in [0.2, 0.25) is 0 Å². The van der Waals surface area contributed by atoms with Gasteiger partial charge < -0.3 is 20.3 Å². The molecular weight excluding hydrogens is 467 g/mol. The van der Waals surface area contributed by atoms with Crippen LogP contribution in [0.3, 0.4) is 0 Å². The van der Waals surface area contributed by atoms with E-state index in [2.05, 4.69) is 30.5 Å². The molecule has 1 saturated heterocycles. The lowest BCUT2D eigenvalue weighted by Crippen LogP contribution is -2.49. The Morgan fingerprint density at radius 2 is 2.17 bits per heavy atom. The van der Waals surface area contributed by atoms with Gasteiger partial charge in [-0.05, 0) is 42.9 Å².